The second-order valence-electron chi connectivity index (χ2n) is 6.90. The fourth-order valence-corrected chi connectivity index (χ4v) is 3.81. The molecular weight excluding hydrogens is 302 g/mol. The van der Waals surface area contributed by atoms with Gasteiger partial charge in [-0.05, 0) is 31.4 Å². The van der Waals surface area contributed by atoms with Gasteiger partial charge in [-0.3, -0.25) is 9.59 Å². The van der Waals surface area contributed by atoms with Crippen molar-refractivity contribution in [3.63, 3.8) is 0 Å². The van der Waals surface area contributed by atoms with Crippen molar-refractivity contribution in [3.05, 3.63) is 29.8 Å². The molecule has 0 radical (unpaired) electrons. The van der Waals surface area contributed by atoms with Gasteiger partial charge in [-0.1, -0.05) is 18.2 Å². The fourth-order valence-electron chi connectivity index (χ4n) is 3.81. The van der Waals surface area contributed by atoms with E-state index in [1.54, 1.807) is 6.92 Å². The zero-order valence-electron chi connectivity index (χ0n) is 14.7. The topological polar surface area (TPSA) is 43.9 Å². The summed E-state index contributed by atoms with van der Waals surface area (Å²) in [7, 11) is 0. The minimum Gasteiger partial charge on any atom is -0.368 e. The number of piperidine rings is 1. The number of benzene rings is 1. The van der Waals surface area contributed by atoms with E-state index in [-0.39, 0.29) is 17.7 Å². The molecule has 0 spiro atoms. The van der Waals surface area contributed by atoms with Crippen molar-refractivity contribution < 1.29 is 9.59 Å². The van der Waals surface area contributed by atoms with Crippen molar-refractivity contribution in [2.45, 2.75) is 26.7 Å². The zero-order chi connectivity index (χ0) is 17.1. The molecule has 2 aliphatic rings. The van der Waals surface area contributed by atoms with Crippen LogP contribution in [0.5, 0.6) is 0 Å². The second kappa shape index (κ2) is 7.24. The van der Waals surface area contributed by atoms with E-state index in [1.807, 2.05) is 9.80 Å². The molecule has 0 bridgehead atoms. The number of anilines is 1. The maximum atomic E-state index is 12.8. The number of hydrogen-bond donors (Lipinski definition) is 0. The highest BCUT2D eigenvalue weighted by atomic mass is 16.2. The molecule has 130 valence electrons. The highest BCUT2D eigenvalue weighted by molar-refractivity contribution is 5.81. The number of aryl methyl sites for hydroxylation is 1. The summed E-state index contributed by atoms with van der Waals surface area (Å²) in [6.07, 6.45) is 1.83. The van der Waals surface area contributed by atoms with Gasteiger partial charge < -0.3 is 14.7 Å². The molecule has 2 fully saturated rings. The Morgan fingerprint density at radius 2 is 1.71 bits per heavy atom. The minimum atomic E-state index is -0.0207. The van der Waals surface area contributed by atoms with E-state index in [0.29, 0.717) is 6.54 Å². The van der Waals surface area contributed by atoms with Crippen molar-refractivity contribution >= 4 is 17.5 Å². The maximum absolute atomic E-state index is 12.8. The van der Waals surface area contributed by atoms with E-state index in [9.17, 15) is 9.59 Å². The quantitative estimate of drug-likeness (QED) is 0.832. The summed E-state index contributed by atoms with van der Waals surface area (Å²) in [6.45, 7) is 8.39. The molecular formula is C19H27N3O2. The Balaban J connectivity index is 1.57. The largest absolute Gasteiger partial charge is 0.368 e. The number of carbonyl (C=O) groups is 2. The third-order valence-electron chi connectivity index (χ3n) is 5.26. The normalized spacial score (nSPS) is 21.8. The summed E-state index contributed by atoms with van der Waals surface area (Å²) in [5.74, 6) is 0.287. The van der Waals surface area contributed by atoms with Crippen molar-refractivity contribution in [2.24, 2.45) is 5.92 Å². The Bertz CT molecular complexity index is 608. The number of hydrogen-bond acceptors (Lipinski definition) is 3. The average Bonchev–Trinajstić information content (AvgIpc) is 2.62. The highest BCUT2D eigenvalue weighted by Crippen LogP contribution is 2.23. The number of nitrogens with zero attached hydrogens (tertiary/aromatic N) is 3. The van der Waals surface area contributed by atoms with Gasteiger partial charge in [0.05, 0.1) is 5.92 Å². The van der Waals surface area contributed by atoms with Crippen molar-refractivity contribution in [3.8, 4) is 0 Å². The molecule has 5 heteroatoms. The summed E-state index contributed by atoms with van der Waals surface area (Å²) in [6, 6.07) is 8.41. The Labute approximate surface area is 144 Å². The van der Waals surface area contributed by atoms with Crippen molar-refractivity contribution in [1.29, 1.82) is 0 Å². The van der Waals surface area contributed by atoms with E-state index in [0.717, 1.165) is 45.6 Å². The molecule has 1 aromatic carbocycles. The summed E-state index contributed by atoms with van der Waals surface area (Å²) in [4.78, 5) is 30.5. The van der Waals surface area contributed by atoms with Crippen molar-refractivity contribution in [2.75, 3.05) is 44.2 Å². The van der Waals surface area contributed by atoms with E-state index in [4.69, 9.17) is 0 Å². The molecule has 2 heterocycles. The van der Waals surface area contributed by atoms with Gasteiger partial charge in [-0.2, -0.15) is 0 Å². The molecule has 1 aromatic rings. The number of amides is 2. The van der Waals surface area contributed by atoms with Crippen LogP contribution in [0.15, 0.2) is 24.3 Å². The Hall–Kier alpha value is -2.04. The van der Waals surface area contributed by atoms with Crippen LogP contribution in [-0.2, 0) is 9.59 Å². The van der Waals surface area contributed by atoms with Crippen LogP contribution in [0.4, 0.5) is 5.69 Å². The highest BCUT2D eigenvalue weighted by Gasteiger charge is 2.31. The van der Waals surface area contributed by atoms with Gasteiger partial charge in [0, 0.05) is 51.9 Å². The maximum Gasteiger partial charge on any atom is 0.227 e. The molecule has 0 N–H and O–H groups in total. The van der Waals surface area contributed by atoms with Crippen LogP contribution in [0.25, 0.3) is 0 Å². The van der Waals surface area contributed by atoms with Crippen LogP contribution in [0.2, 0.25) is 0 Å². The molecule has 24 heavy (non-hydrogen) atoms. The van der Waals surface area contributed by atoms with Gasteiger partial charge in [0.1, 0.15) is 0 Å². The number of para-hydroxylation sites is 1. The van der Waals surface area contributed by atoms with E-state index in [2.05, 4.69) is 36.1 Å². The van der Waals surface area contributed by atoms with Gasteiger partial charge >= 0.3 is 0 Å². The number of piperazine rings is 1. The van der Waals surface area contributed by atoms with E-state index in [1.165, 1.54) is 11.3 Å². The van der Waals surface area contributed by atoms with Gasteiger partial charge in [0.2, 0.25) is 11.8 Å². The smallest absolute Gasteiger partial charge is 0.227 e. The molecule has 3 rings (SSSR count). The third kappa shape index (κ3) is 3.55. The standard InChI is InChI=1S/C19H27N3O2/c1-15-6-3-4-8-18(15)20-10-12-21(13-11-20)19(24)17-7-5-9-22(14-17)16(2)23/h3-4,6,8,17H,5,7,9-14H2,1-2H3/t17-/m0/s1. The van der Waals surface area contributed by atoms with Crippen LogP contribution in [0, 0.1) is 12.8 Å². The Morgan fingerprint density at radius 1 is 1.00 bits per heavy atom. The minimum absolute atomic E-state index is 0.0207. The molecule has 5 nitrogen and oxygen atoms in total. The first-order chi connectivity index (χ1) is 11.6. The lowest BCUT2D eigenvalue weighted by Crippen LogP contribution is -2.53. The molecule has 0 saturated carbocycles. The number of likely N-dealkylation sites (tertiary alicyclic amines) is 1. The molecule has 0 aromatic heterocycles. The zero-order valence-corrected chi connectivity index (χ0v) is 14.7. The van der Waals surface area contributed by atoms with Gasteiger partial charge in [-0.25, -0.2) is 0 Å². The molecule has 1 atom stereocenters. The molecule has 0 unspecified atom stereocenters. The van der Waals surface area contributed by atoms with Gasteiger partial charge in [0.15, 0.2) is 0 Å². The third-order valence-corrected chi connectivity index (χ3v) is 5.26. The lowest BCUT2D eigenvalue weighted by atomic mass is 9.96. The van der Waals surface area contributed by atoms with Gasteiger partial charge in [0.25, 0.3) is 0 Å². The predicted octanol–water partition coefficient (Wildman–Crippen LogP) is 1.90. The number of rotatable bonds is 2. The van der Waals surface area contributed by atoms with E-state index < -0.39 is 0 Å². The van der Waals surface area contributed by atoms with E-state index >= 15 is 0 Å². The predicted molar refractivity (Wildman–Crippen MR) is 95.0 cm³/mol. The summed E-state index contributed by atoms with van der Waals surface area (Å²) in [5, 5.41) is 0. The Morgan fingerprint density at radius 3 is 2.38 bits per heavy atom. The van der Waals surface area contributed by atoms with Gasteiger partial charge in [-0.15, -0.1) is 0 Å². The first kappa shape index (κ1) is 16.8. The van der Waals surface area contributed by atoms with Crippen LogP contribution in [-0.4, -0.2) is 60.9 Å². The summed E-state index contributed by atoms with van der Waals surface area (Å²) >= 11 is 0. The fraction of sp³-hybridized carbons (Fsp3) is 0.579. The summed E-state index contributed by atoms with van der Waals surface area (Å²) < 4.78 is 0. The number of carbonyl (C=O) groups excluding carboxylic acids is 2. The first-order valence-electron chi connectivity index (χ1n) is 8.91. The molecule has 0 aliphatic carbocycles. The SMILES string of the molecule is CC(=O)N1CCC[C@H](C(=O)N2CCN(c3ccccc3C)CC2)C1. The molecule has 2 amide bonds. The lowest BCUT2D eigenvalue weighted by Gasteiger charge is -2.40. The monoisotopic (exact) mass is 329 g/mol. The van der Waals surface area contributed by atoms with Crippen LogP contribution >= 0.6 is 0 Å². The van der Waals surface area contributed by atoms with Crippen molar-refractivity contribution in [1.82, 2.24) is 9.80 Å². The molecule has 2 saturated heterocycles. The summed E-state index contributed by atoms with van der Waals surface area (Å²) in [5.41, 5.74) is 2.55. The second-order valence-corrected chi connectivity index (χ2v) is 6.90. The van der Waals surface area contributed by atoms with Crippen LogP contribution in [0.3, 0.4) is 0 Å². The van der Waals surface area contributed by atoms with Crippen LogP contribution in [0.1, 0.15) is 25.3 Å². The Kier molecular flexibility index (Phi) is 5.07. The van der Waals surface area contributed by atoms with Crippen LogP contribution < -0.4 is 4.90 Å². The lowest BCUT2D eigenvalue weighted by molar-refractivity contribution is -0.140. The first-order valence-corrected chi connectivity index (χ1v) is 8.91. The molecule has 2 aliphatic heterocycles. The average molecular weight is 329 g/mol.